The summed E-state index contributed by atoms with van der Waals surface area (Å²) in [5.74, 6) is -1.35. The van der Waals surface area contributed by atoms with Gasteiger partial charge in [0.15, 0.2) is 0 Å². The number of nitrogen functional groups attached to an aromatic ring is 1. The summed E-state index contributed by atoms with van der Waals surface area (Å²) in [5, 5.41) is 13.2. The van der Waals surface area contributed by atoms with Crippen LogP contribution >= 0.6 is 0 Å². The van der Waals surface area contributed by atoms with Crippen LogP contribution in [0.4, 0.5) is 17.2 Å². The number of nitrogens with two attached hydrogens (primary N) is 1. The first-order valence-corrected chi connectivity index (χ1v) is 11.2. The maximum atomic E-state index is 12.6. The Morgan fingerprint density at radius 3 is 2.50 bits per heavy atom. The highest BCUT2D eigenvalue weighted by Gasteiger charge is 2.20. The van der Waals surface area contributed by atoms with Crippen molar-refractivity contribution >= 4 is 33.2 Å². The number of anilines is 2. The zero-order valence-electron chi connectivity index (χ0n) is 17.7. The van der Waals surface area contributed by atoms with Crippen LogP contribution in [0.1, 0.15) is 23.7 Å². The number of hydrogen-bond acceptors (Lipinski definition) is 9. The van der Waals surface area contributed by atoms with Crippen LogP contribution in [0.2, 0.25) is 0 Å². The number of nitrogens with one attached hydrogen (secondary N) is 2. The van der Waals surface area contributed by atoms with Gasteiger partial charge in [-0.2, -0.15) is 8.42 Å². The lowest BCUT2D eigenvalue weighted by atomic mass is 10.2. The maximum Gasteiger partial charge on any atom is 0.339 e. The molecule has 4 N–H and O–H groups in total. The fourth-order valence-electron chi connectivity index (χ4n) is 2.92. The molecule has 1 aromatic heterocycles. The summed E-state index contributed by atoms with van der Waals surface area (Å²) in [7, 11) is -4.35. The van der Waals surface area contributed by atoms with Gasteiger partial charge in [-0.05, 0) is 36.8 Å². The number of aromatic nitrogens is 2. The molecule has 0 spiro atoms. The zero-order valence-corrected chi connectivity index (χ0v) is 18.5. The topological polar surface area (TPSA) is 196 Å². The monoisotopic (exact) mass is 489 g/mol. The molecule has 0 radical (unpaired) electrons. The van der Waals surface area contributed by atoms with Crippen molar-refractivity contribution in [1.29, 1.82) is 0 Å². The van der Waals surface area contributed by atoms with E-state index in [0.29, 0.717) is 6.42 Å². The molecule has 34 heavy (non-hydrogen) atoms. The van der Waals surface area contributed by atoms with E-state index in [9.17, 15) is 32.9 Å². The number of carbonyl (C=O) groups is 1. The predicted molar refractivity (Wildman–Crippen MR) is 121 cm³/mol. The number of H-pyrrole nitrogens is 1. The molecular weight excluding hydrogens is 470 g/mol. The lowest BCUT2D eigenvalue weighted by molar-refractivity contribution is -0.384. The van der Waals surface area contributed by atoms with Crippen molar-refractivity contribution in [1.82, 2.24) is 9.55 Å². The van der Waals surface area contributed by atoms with Crippen LogP contribution in [0.5, 0.6) is 5.75 Å². The molecular formula is C20H19N5O8S. The predicted octanol–water partition coefficient (Wildman–Crippen LogP) is 1.46. The second-order valence-corrected chi connectivity index (χ2v) is 8.49. The molecule has 3 aromatic rings. The Bertz CT molecular complexity index is 1480. The molecule has 14 heteroatoms. The van der Waals surface area contributed by atoms with E-state index in [1.54, 1.807) is 6.92 Å². The van der Waals surface area contributed by atoms with Gasteiger partial charge in [-0.3, -0.25) is 29.3 Å². The van der Waals surface area contributed by atoms with Crippen molar-refractivity contribution < 1.29 is 22.3 Å². The van der Waals surface area contributed by atoms with E-state index in [2.05, 4.69) is 10.3 Å². The van der Waals surface area contributed by atoms with Gasteiger partial charge in [0.05, 0.1) is 11.0 Å². The Balaban J connectivity index is 1.82. The fourth-order valence-corrected chi connectivity index (χ4v) is 3.84. The van der Waals surface area contributed by atoms with Gasteiger partial charge in [-0.1, -0.05) is 13.0 Å². The Labute approximate surface area is 192 Å². The van der Waals surface area contributed by atoms with Gasteiger partial charge in [0.2, 0.25) is 0 Å². The third-order valence-electron chi connectivity index (χ3n) is 4.54. The SMILES string of the molecule is CCCn1c(=O)[nH]c(N)c(NC(=O)c2ccc(S(=O)(=O)Oc3cccc([N+](=O)[O-])c3)cc2)c1=O. The molecule has 0 bridgehead atoms. The fraction of sp³-hybridized carbons (Fsp3) is 0.150. The number of nitrogens with zero attached hydrogens (tertiary/aromatic N) is 2. The molecule has 0 aliphatic carbocycles. The second kappa shape index (κ2) is 9.58. The van der Waals surface area contributed by atoms with E-state index >= 15 is 0 Å². The summed E-state index contributed by atoms with van der Waals surface area (Å²) in [4.78, 5) is 49.1. The second-order valence-electron chi connectivity index (χ2n) is 6.95. The third kappa shape index (κ3) is 5.12. The molecule has 1 amide bonds. The minimum Gasteiger partial charge on any atom is -0.383 e. The summed E-state index contributed by atoms with van der Waals surface area (Å²) in [5.41, 5.74) is 3.51. The molecule has 0 saturated heterocycles. The highest BCUT2D eigenvalue weighted by Crippen LogP contribution is 2.23. The van der Waals surface area contributed by atoms with Crippen molar-refractivity contribution in [3.8, 4) is 5.75 Å². The zero-order chi connectivity index (χ0) is 25.0. The molecule has 3 rings (SSSR count). The number of hydrogen-bond donors (Lipinski definition) is 3. The summed E-state index contributed by atoms with van der Waals surface area (Å²) in [6, 6.07) is 9.18. The molecule has 0 fully saturated rings. The number of aromatic amines is 1. The van der Waals surface area contributed by atoms with Crippen LogP contribution in [0.15, 0.2) is 63.0 Å². The molecule has 0 saturated carbocycles. The number of amides is 1. The highest BCUT2D eigenvalue weighted by atomic mass is 32.2. The largest absolute Gasteiger partial charge is 0.383 e. The van der Waals surface area contributed by atoms with Gasteiger partial charge in [0, 0.05) is 18.2 Å². The highest BCUT2D eigenvalue weighted by molar-refractivity contribution is 7.87. The van der Waals surface area contributed by atoms with E-state index in [1.165, 1.54) is 30.3 Å². The van der Waals surface area contributed by atoms with Crippen LogP contribution in [-0.2, 0) is 16.7 Å². The molecule has 0 aliphatic heterocycles. The lowest BCUT2D eigenvalue weighted by Crippen LogP contribution is -2.38. The van der Waals surface area contributed by atoms with Crippen molar-refractivity contribution in [3.63, 3.8) is 0 Å². The van der Waals surface area contributed by atoms with Crippen molar-refractivity contribution in [3.05, 3.63) is 85.0 Å². The Kier molecular flexibility index (Phi) is 6.81. The van der Waals surface area contributed by atoms with Gasteiger partial charge in [0.1, 0.15) is 22.2 Å². The van der Waals surface area contributed by atoms with E-state index in [4.69, 9.17) is 9.92 Å². The normalized spacial score (nSPS) is 11.1. The summed E-state index contributed by atoms with van der Waals surface area (Å²) < 4.78 is 30.8. The molecule has 178 valence electrons. The first-order chi connectivity index (χ1) is 16.0. The van der Waals surface area contributed by atoms with E-state index < -0.39 is 32.2 Å². The van der Waals surface area contributed by atoms with Crippen LogP contribution in [0.3, 0.4) is 0 Å². The van der Waals surface area contributed by atoms with Crippen molar-refractivity contribution in [2.24, 2.45) is 0 Å². The van der Waals surface area contributed by atoms with Crippen LogP contribution in [0.25, 0.3) is 0 Å². The van der Waals surface area contributed by atoms with Gasteiger partial charge in [-0.15, -0.1) is 0 Å². The quantitative estimate of drug-likeness (QED) is 0.238. The minimum absolute atomic E-state index is 0.0126. The van der Waals surface area contributed by atoms with Crippen LogP contribution < -0.4 is 26.5 Å². The van der Waals surface area contributed by atoms with Crippen LogP contribution in [-0.4, -0.2) is 28.8 Å². The van der Waals surface area contributed by atoms with Gasteiger partial charge in [-0.25, -0.2) is 4.79 Å². The smallest absolute Gasteiger partial charge is 0.339 e. The number of non-ortho nitro benzene ring substituents is 1. The van der Waals surface area contributed by atoms with Gasteiger partial charge in [0.25, 0.3) is 17.2 Å². The number of nitro benzene ring substituents is 1. The molecule has 0 unspecified atom stereocenters. The number of benzene rings is 2. The van der Waals surface area contributed by atoms with Crippen LogP contribution in [0, 0.1) is 10.1 Å². The van der Waals surface area contributed by atoms with Gasteiger partial charge >= 0.3 is 15.8 Å². The summed E-state index contributed by atoms with van der Waals surface area (Å²) in [6.45, 7) is 1.88. The average Bonchev–Trinajstić information content (AvgIpc) is 2.79. The number of nitro groups is 1. The molecule has 1 heterocycles. The Hall–Kier alpha value is -4.46. The minimum atomic E-state index is -4.35. The van der Waals surface area contributed by atoms with Gasteiger partial charge < -0.3 is 15.2 Å². The molecule has 13 nitrogen and oxygen atoms in total. The number of rotatable bonds is 8. The lowest BCUT2D eigenvalue weighted by Gasteiger charge is -2.11. The Morgan fingerprint density at radius 1 is 1.21 bits per heavy atom. The standard InChI is InChI=1S/C20H19N5O8S/c1-2-10-24-19(27)16(17(21)23-20(24)28)22-18(26)12-6-8-15(9-7-12)34(31,32)33-14-5-3-4-13(11-14)25(29)30/h3-9,11H,2,10,21H2,1H3,(H,22,26)(H,23,28). The average molecular weight is 489 g/mol. The van der Waals surface area contributed by atoms with E-state index in [-0.39, 0.29) is 39.9 Å². The first-order valence-electron chi connectivity index (χ1n) is 9.76. The molecule has 0 atom stereocenters. The molecule has 2 aromatic carbocycles. The van der Waals surface area contributed by atoms with Crippen molar-refractivity contribution in [2.45, 2.75) is 24.8 Å². The summed E-state index contributed by atoms with van der Waals surface area (Å²) >= 11 is 0. The number of carbonyl (C=O) groups excluding carboxylic acids is 1. The van der Waals surface area contributed by atoms with Crippen molar-refractivity contribution in [2.75, 3.05) is 11.1 Å². The third-order valence-corrected chi connectivity index (χ3v) is 5.80. The maximum absolute atomic E-state index is 12.6. The Morgan fingerprint density at radius 2 is 1.88 bits per heavy atom. The summed E-state index contributed by atoms with van der Waals surface area (Å²) in [6.07, 6.45) is 0.495. The van der Waals surface area contributed by atoms with E-state index in [1.807, 2.05) is 0 Å². The van der Waals surface area contributed by atoms with E-state index in [0.717, 1.165) is 22.8 Å². The molecule has 0 aliphatic rings. The first kappa shape index (κ1) is 24.2.